The van der Waals surface area contributed by atoms with Gasteiger partial charge in [0.05, 0.1) is 12.3 Å². The Morgan fingerprint density at radius 1 is 1.24 bits per heavy atom. The second-order valence-electron chi connectivity index (χ2n) is 6.81. The number of nitrogens with zero attached hydrogens (tertiary/aromatic N) is 1. The van der Waals surface area contributed by atoms with Crippen molar-refractivity contribution in [2.24, 2.45) is 0 Å². The number of rotatable bonds is 6. The number of benzene rings is 1. The SMILES string of the molecule is CN(C)c1ccc(CCCNC(=O)NC2CCCc3occc32)cc1. The second kappa shape index (κ2) is 8.10. The van der Waals surface area contributed by atoms with Gasteiger partial charge in [-0.3, -0.25) is 0 Å². The van der Waals surface area contributed by atoms with Gasteiger partial charge in [-0.25, -0.2) is 4.79 Å². The third-order valence-electron chi connectivity index (χ3n) is 4.74. The molecule has 1 atom stereocenters. The van der Waals surface area contributed by atoms with E-state index in [-0.39, 0.29) is 12.1 Å². The predicted molar refractivity (Wildman–Crippen MR) is 100 cm³/mol. The van der Waals surface area contributed by atoms with E-state index in [0.29, 0.717) is 6.54 Å². The molecule has 1 heterocycles. The van der Waals surface area contributed by atoms with Gasteiger partial charge in [0.15, 0.2) is 0 Å². The van der Waals surface area contributed by atoms with Crippen LogP contribution in [0.4, 0.5) is 10.5 Å². The van der Waals surface area contributed by atoms with Crippen molar-refractivity contribution in [3.05, 3.63) is 53.5 Å². The van der Waals surface area contributed by atoms with Gasteiger partial charge in [0.25, 0.3) is 0 Å². The Morgan fingerprint density at radius 3 is 2.80 bits per heavy atom. The van der Waals surface area contributed by atoms with Gasteiger partial charge >= 0.3 is 6.03 Å². The van der Waals surface area contributed by atoms with E-state index >= 15 is 0 Å². The van der Waals surface area contributed by atoms with Gasteiger partial charge in [0, 0.05) is 38.3 Å². The molecule has 1 unspecified atom stereocenters. The highest BCUT2D eigenvalue weighted by molar-refractivity contribution is 5.74. The molecule has 0 bridgehead atoms. The quantitative estimate of drug-likeness (QED) is 0.789. The summed E-state index contributed by atoms with van der Waals surface area (Å²) in [5, 5.41) is 6.03. The molecule has 3 rings (SSSR count). The van der Waals surface area contributed by atoms with Crippen LogP contribution in [0.3, 0.4) is 0 Å². The minimum atomic E-state index is -0.0954. The number of urea groups is 1. The van der Waals surface area contributed by atoms with Crippen LogP contribution in [0.2, 0.25) is 0 Å². The standard InChI is InChI=1S/C20H27N3O2/c1-23(2)16-10-8-15(9-11-16)5-4-13-21-20(24)22-18-6-3-7-19-17(18)12-14-25-19/h8-12,14,18H,3-7,13H2,1-2H3,(H2,21,22,24). The van der Waals surface area contributed by atoms with Gasteiger partial charge in [0.1, 0.15) is 5.76 Å². The maximum atomic E-state index is 12.1. The number of nitrogens with one attached hydrogen (secondary N) is 2. The van der Waals surface area contributed by atoms with E-state index in [9.17, 15) is 4.79 Å². The van der Waals surface area contributed by atoms with E-state index < -0.39 is 0 Å². The largest absolute Gasteiger partial charge is 0.469 e. The fourth-order valence-electron chi connectivity index (χ4n) is 3.30. The summed E-state index contributed by atoms with van der Waals surface area (Å²) in [4.78, 5) is 14.2. The molecule has 2 N–H and O–H groups in total. The van der Waals surface area contributed by atoms with E-state index in [1.165, 1.54) is 11.3 Å². The van der Waals surface area contributed by atoms with Crippen molar-refractivity contribution in [2.75, 3.05) is 25.5 Å². The molecule has 1 aliphatic rings. The molecule has 2 aromatic rings. The van der Waals surface area contributed by atoms with Crippen molar-refractivity contribution >= 4 is 11.7 Å². The van der Waals surface area contributed by atoms with Crippen LogP contribution in [-0.2, 0) is 12.8 Å². The van der Waals surface area contributed by atoms with Gasteiger partial charge in [-0.05, 0) is 49.4 Å². The molecule has 0 radical (unpaired) electrons. The number of hydrogen-bond acceptors (Lipinski definition) is 3. The first-order chi connectivity index (χ1) is 12.1. The molecule has 0 saturated carbocycles. The highest BCUT2D eigenvalue weighted by Crippen LogP contribution is 2.30. The van der Waals surface area contributed by atoms with Crippen LogP contribution in [0.15, 0.2) is 41.0 Å². The summed E-state index contributed by atoms with van der Waals surface area (Å²) < 4.78 is 5.46. The van der Waals surface area contributed by atoms with E-state index in [1.54, 1.807) is 6.26 Å². The van der Waals surface area contributed by atoms with Crippen molar-refractivity contribution in [3.63, 3.8) is 0 Å². The summed E-state index contributed by atoms with van der Waals surface area (Å²) in [6, 6.07) is 10.5. The number of anilines is 1. The minimum Gasteiger partial charge on any atom is -0.469 e. The summed E-state index contributed by atoms with van der Waals surface area (Å²) in [6.07, 6.45) is 6.59. The summed E-state index contributed by atoms with van der Waals surface area (Å²) in [5.41, 5.74) is 3.62. The fourth-order valence-corrected chi connectivity index (χ4v) is 3.30. The fraction of sp³-hybridized carbons (Fsp3) is 0.450. The number of hydrogen-bond donors (Lipinski definition) is 2. The van der Waals surface area contributed by atoms with Crippen molar-refractivity contribution in [1.29, 1.82) is 0 Å². The first kappa shape index (κ1) is 17.4. The zero-order chi connectivity index (χ0) is 17.6. The Balaban J connectivity index is 1.39. The third-order valence-corrected chi connectivity index (χ3v) is 4.74. The van der Waals surface area contributed by atoms with Crippen LogP contribution in [0.5, 0.6) is 0 Å². The Bertz CT molecular complexity index is 691. The zero-order valence-corrected chi connectivity index (χ0v) is 15.0. The smallest absolute Gasteiger partial charge is 0.315 e. The monoisotopic (exact) mass is 341 g/mol. The lowest BCUT2D eigenvalue weighted by Gasteiger charge is -2.22. The molecular formula is C20H27N3O2. The first-order valence-electron chi connectivity index (χ1n) is 9.00. The highest BCUT2D eigenvalue weighted by Gasteiger charge is 2.23. The molecule has 1 aromatic heterocycles. The molecule has 2 amide bonds. The van der Waals surface area contributed by atoms with Crippen molar-refractivity contribution in [1.82, 2.24) is 10.6 Å². The average molecular weight is 341 g/mol. The normalized spacial score (nSPS) is 16.2. The Labute approximate surface area is 149 Å². The van der Waals surface area contributed by atoms with Crippen LogP contribution >= 0.6 is 0 Å². The molecule has 0 fully saturated rings. The van der Waals surface area contributed by atoms with Crippen molar-refractivity contribution in [3.8, 4) is 0 Å². The number of amides is 2. The Morgan fingerprint density at radius 2 is 2.04 bits per heavy atom. The lowest BCUT2D eigenvalue weighted by atomic mass is 9.93. The minimum absolute atomic E-state index is 0.0704. The third kappa shape index (κ3) is 4.56. The Hall–Kier alpha value is -2.43. The molecule has 0 saturated heterocycles. The molecule has 25 heavy (non-hydrogen) atoms. The number of furan rings is 1. The van der Waals surface area contributed by atoms with Crippen molar-refractivity contribution < 1.29 is 9.21 Å². The summed E-state index contributed by atoms with van der Waals surface area (Å²) in [6.45, 7) is 0.673. The van der Waals surface area contributed by atoms with Crippen molar-refractivity contribution in [2.45, 2.75) is 38.1 Å². The van der Waals surface area contributed by atoms with Gasteiger partial charge < -0.3 is 20.0 Å². The van der Waals surface area contributed by atoms with Crippen LogP contribution < -0.4 is 15.5 Å². The molecule has 5 nitrogen and oxygen atoms in total. The lowest BCUT2D eigenvalue weighted by Crippen LogP contribution is -2.39. The molecule has 1 aromatic carbocycles. The first-order valence-corrected chi connectivity index (χ1v) is 9.00. The second-order valence-corrected chi connectivity index (χ2v) is 6.81. The summed E-state index contributed by atoms with van der Waals surface area (Å²) in [5.74, 6) is 1.01. The maximum Gasteiger partial charge on any atom is 0.315 e. The van der Waals surface area contributed by atoms with E-state index in [1.807, 2.05) is 20.2 Å². The maximum absolute atomic E-state index is 12.1. The van der Waals surface area contributed by atoms with Crippen LogP contribution in [0.25, 0.3) is 0 Å². The lowest BCUT2D eigenvalue weighted by molar-refractivity contribution is 0.235. The summed E-state index contributed by atoms with van der Waals surface area (Å²) in [7, 11) is 4.08. The molecule has 5 heteroatoms. The van der Waals surface area contributed by atoms with Gasteiger partial charge in [-0.15, -0.1) is 0 Å². The van der Waals surface area contributed by atoms with Gasteiger partial charge in [-0.2, -0.15) is 0 Å². The summed E-state index contributed by atoms with van der Waals surface area (Å²) >= 11 is 0. The zero-order valence-electron chi connectivity index (χ0n) is 15.0. The molecule has 1 aliphatic carbocycles. The molecule has 0 aliphatic heterocycles. The highest BCUT2D eigenvalue weighted by atomic mass is 16.3. The predicted octanol–water partition coefficient (Wildman–Crippen LogP) is 3.66. The van der Waals surface area contributed by atoms with E-state index in [2.05, 4.69) is 39.8 Å². The van der Waals surface area contributed by atoms with Gasteiger partial charge in [-0.1, -0.05) is 12.1 Å². The molecular weight excluding hydrogens is 314 g/mol. The number of fused-ring (bicyclic) bond motifs is 1. The van der Waals surface area contributed by atoms with E-state index in [4.69, 9.17) is 4.42 Å². The molecule has 134 valence electrons. The van der Waals surface area contributed by atoms with Gasteiger partial charge in [0.2, 0.25) is 0 Å². The number of aryl methyl sites for hydroxylation is 2. The van der Waals surface area contributed by atoms with Crippen LogP contribution in [0, 0.1) is 0 Å². The van der Waals surface area contributed by atoms with E-state index in [0.717, 1.165) is 43.4 Å². The van der Waals surface area contributed by atoms with Crippen LogP contribution in [0.1, 0.15) is 42.2 Å². The number of carbonyl (C=O) groups excluding carboxylic acids is 1. The van der Waals surface area contributed by atoms with Crippen LogP contribution in [-0.4, -0.2) is 26.7 Å². The topological polar surface area (TPSA) is 57.5 Å². The number of carbonyl (C=O) groups is 1. The average Bonchev–Trinajstić information content (AvgIpc) is 3.09. The molecule has 0 spiro atoms. The Kier molecular flexibility index (Phi) is 5.64.